The topological polar surface area (TPSA) is 63.1 Å². The van der Waals surface area contributed by atoms with E-state index in [1.54, 1.807) is 18.0 Å². The van der Waals surface area contributed by atoms with Crippen molar-refractivity contribution < 1.29 is 9.90 Å². The fourth-order valence-corrected chi connectivity index (χ4v) is 3.48. The highest BCUT2D eigenvalue weighted by Gasteiger charge is 2.44. The van der Waals surface area contributed by atoms with Crippen LogP contribution in [0, 0.1) is 5.41 Å². The molecule has 0 amide bonds. The van der Waals surface area contributed by atoms with Crippen molar-refractivity contribution in [3.63, 3.8) is 0 Å². The molecule has 0 spiro atoms. The van der Waals surface area contributed by atoms with Crippen molar-refractivity contribution in [2.75, 3.05) is 5.75 Å². The first kappa shape index (κ1) is 12.4. The van der Waals surface area contributed by atoms with Gasteiger partial charge in [0.1, 0.15) is 5.03 Å². The summed E-state index contributed by atoms with van der Waals surface area (Å²) in [6.07, 6.45) is 4.02. The van der Waals surface area contributed by atoms with Gasteiger partial charge in [-0.15, -0.1) is 16.9 Å². The summed E-state index contributed by atoms with van der Waals surface area (Å²) < 4.78 is 0. The van der Waals surface area contributed by atoms with Crippen LogP contribution >= 0.6 is 11.8 Å². The second kappa shape index (κ2) is 4.81. The molecule has 2 aromatic rings. The maximum atomic E-state index is 10.8. The minimum atomic E-state index is -0.706. The van der Waals surface area contributed by atoms with Crippen molar-refractivity contribution in [1.29, 1.82) is 0 Å². The van der Waals surface area contributed by atoms with Crippen LogP contribution in [0.15, 0.2) is 35.5 Å². The Morgan fingerprint density at radius 1 is 1.37 bits per heavy atom. The molecule has 4 nitrogen and oxygen atoms in total. The van der Waals surface area contributed by atoms with Gasteiger partial charge in [0.25, 0.3) is 0 Å². The summed E-state index contributed by atoms with van der Waals surface area (Å²) in [7, 11) is 0. The third-order valence-electron chi connectivity index (χ3n) is 3.53. The first-order valence-corrected chi connectivity index (χ1v) is 7.22. The number of carboxylic acids is 1. The van der Waals surface area contributed by atoms with E-state index in [0.717, 1.165) is 34.4 Å². The second-order valence-corrected chi connectivity index (χ2v) is 6.06. The number of carbonyl (C=O) groups is 1. The SMILES string of the molecule is O=C(O)CC1(CSc2nncc3ccccc23)CC1. The number of hydrogen-bond acceptors (Lipinski definition) is 4. The van der Waals surface area contributed by atoms with Crippen LogP contribution in [0.4, 0.5) is 0 Å². The molecule has 1 aromatic heterocycles. The summed E-state index contributed by atoms with van der Waals surface area (Å²) in [5.74, 6) is 0.101. The summed E-state index contributed by atoms with van der Waals surface area (Å²) in [6.45, 7) is 0. The van der Waals surface area contributed by atoms with Crippen LogP contribution in [0.25, 0.3) is 10.8 Å². The minimum Gasteiger partial charge on any atom is -0.481 e. The number of aromatic nitrogens is 2. The van der Waals surface area contributed by atoms with E-state index in [9.17, 15) is 4.79 Å². The molecule has 0 radical (unpaired) electrons. The molecule has 1 aliphatic carbocycles. The average Bonchev–Trinajstić information content (AvgIpc) is 3.15. The standard InChI is InChI=1S/C14H14N2O2S/c17-12(18)7-14(5-6-14)9-19-13-11-4-2-1-3-10(11)8-15-16-13/h1-4,8H,5-7,9H2,(H,17,18). The molecule has 1 aromatic carbocycles. The Morgan fingerprint density at radius 2 is 2.16 bits per heavy atom. The predicted octanol–water partition coefficient (Wildman–Crippen LogP) is 2.98. The lowest BCUT2D eigenvalue weighted by atomic mass is 10.1. The molecule has 1 heterocycles. The monoisotopic (exact) mass is 274 g/mol. The lowest BCUT2D eigenvalue weighted by Gasteiger charge is -2.11. The fraction of sp³-hybridized carbons (Fsp3) is 0.357. The Labute approximate surface area is 115 Å². The van der Waals surface area contributed by atoms with Gasteiger partial charge in [0.15, 0.2) is 0 Å². The van der Waals surface area contributed by atoms with Crippen LogP contribution in [0.2, 0.25) is 0 Å². The van der Waals surface area contributed by atoms with E-state index < -0.39 is 5.97 Å². The maximum Gasteiger partial charge on any atom is 0.303 e. The van der Waals surface area contributed by atoms with Crippen LogP contribution < -0.4 is 0 Å². The van der Waals surface area contributed by atoms with Crippen LogP contribution in [0.3, 0.4) is 0 Å². The zero-order chi connectivity index (χ0) is 13.3. The van der Waals surface area contributed by atoms with Crippen LogP contribution in [-0.4, -0.2) is 27.0 Å². The quantitative estimate of drug-likeness (QED) is 0.849. The summed E-state index contributed by atoms with van der Waals surface area (Å²) in [4.78, 5) is 10.8. The van der Waals surface area contributed by atoms with E-state index >= 15 is 0 Å². The van der Waals surface area contributed by atoms with E-state index in [-0.39, 0.29) is 11.8 Å². The van der Waals surface area contributed by atoms with E-state index in [0.29, 0.717) is 0 Å². The summed E-state index contributed by atoms with van der Waals surface area (Å²) in [5.41, 5.74) is -0.0187. The molecule has 98 valence electrons. The number of carboxylic acid groups (broad SMARTS) is 1. The van der Waals surface area contributed by atoms with Crippen LogP contribution in [-0.2, 0) is 4.79 Å². The van der Waals surface area contributed by atoms with Gasteiger partial charge in [-0.3, -0.25) is 4.79 Å². The number of aliphatic carboxylic acids is 1. The van der Waals surface area contributed by atoms with Gasteiger partial charge in [0, 0.05) is 16.5 Å². The Hall–Kier alpha value is -1.62. The van der Waals surface area contributed by atoms with Gasteiger partial charge in [-0.1, -0.05) is 24.3 Å². The molecule has 0 atom stereocenters. The smallest absolute Gasteiger partial charge is 0.303 e. The van der Waals surface area contributed by atoms with Gasteiger partial charge >= 0.3 is 5.97 Å². The molecule has 1 aliphatic rings. The minimum absolute atomic E-state index is 0.0187. The highest BCUT2D eigenvalue weighted by Crippen LogP contribution is 2.52. The molecular weight excluding hydrogens is 260 g/mol. The summed E-state index contributed by atoms with van der Waals surface area (Å²) in [6, 6.07) is 8.00. The lowest BCUT2D eigenvalue weighted by molar-refractivity contribution is -0.138. The van der Waals surface area contributed by atoms with Crippen molar-refractivity contribution in [2.45, 2.75) is 24.3 Å². The van der Waals surface area contributed by atoms with Gasteiger partial charge in [-0.05, 0) is 18.3 Å². The lowest BCUT2D eigenvalue weighted by Crippen LogP contribution is -2.11. The number of hydrogen-bond donors (Lipinski definition) is 1. The molecule has 1 fully saturated rings. The number of benzene rings is 1. The highest BCUT2D eigenvalue weighted by atomic mass is 32.2. The van der Waals surface area contributed by atoms with Crippen molar-refractivity contribution in [3.8, 4) is 0 Å². The van der Waals surface area contributed by atoms with Gasteiger partial charge in [0.2, 0.25) is 0 Å². The Kier molecular flexibility index (Phi) is 3.14. The largest absolute Gasteiger partial charge is 0.481 e. The van der Waals surface area contributed by atoms with E-state index in [4.69, 9.17) is 5.11 Å². The molecule has 0 bridgehead atoms. The summed E-state index contributed by atoms with van der Waals surface area (Å²) >= 11 is 1.62. The molecule has 0 saturated heterocycles. The van der Waals surface area contributed by atoms with E-state index in [1.807, 2.05) is 24.3 Å². The molecule has 0 aliphatic heterocycles. The zero-order valence-corrected chi connectivity index (χ0v) is 11.2. The second-order valence-electron chi connectivity index (χ2n) is 5.10. The Balaban J connectivity index is 1.77. The zero-order valence-electron chi connectivity index (χ0n) is 10.4. The first-order chi connectivity index (χ1) is 9.19. The summed E-state index contributed by atoms with van der Waals surface area (Å²) in [5, 5.41) is 20.2. The van der Waals surface area contributed by atoms with Gasteiger partial charge in [-0.2, -0.15) is 5.10 Å². The van der Waals surface area contributed by atoms with Gasteiger partial charge < -0.3 is 5.11 Å². The maximum absolute atomic E-state index is 10.8. The predicted molar refractivity (Wildman–Crippen MR) is 74.2 cm³/mol. The molecule has 0 unspecified atom stereocenters. The number of rotatable bonds is 5. The Morgan fingerprint density at radius 3 is 2.89 bits per heavy atom. The van der Waals surface area contributed by atoms with E-state index in [2.05, 4.69) is 10.2 Å². The first-order valence-electron chi connectivity index (χ1n) is 6.24. The normalized spacial score (nSPS) is 16.4. The molecule has 1 saturated carbocycles. The average molecular weight is 274 g/mol. The van der Waals surface area contributed by atoms with Crippen molar-refractivity contribution in [2.24, 2.45) is 5.41 Å². The van der Waals surface area contributed by atoms with Gasteiger partial charge in [-0.25, -0.2) is 0 Å². The number of nitrogens with zero attached hydrogens (tertiary/aromatic N) is 2. The van der Waals surface area contributed by atoms with E-state index in [1.165, 1.54) is 0 Å². The Bertz CT molecular complexity index is 620. The third-order valence-corrected chi connectivity index (χ3v) is 4.87. The number of fused-ring (bicyclic) bond motifs is 1. The molecule has 3 rings (SSSR count). The van der Waals surface area contributed by atoms with Crippen molar-refractivity contribution in [3.05, 3.63) is 30.5 Å². The van der Waals surface area contributed by atoms with Crippen molar-refractivity contribution >= 4 is 28.5 Å². The van der Waals surface area contributed by atoms with Crippen molar-refractivity contribution in [1.82, 2.24) is 10.2 Å². The molecule has 1 N–H and O–H groups in total. The van der Waals surface area contributed by atoms with Crippen LogP contribution in [0.1, 0.15) is 19.3 Å². The fourth-order valence-electron chi connectivity index (χ4n) is 2.20. The number of thioether (sulfide) groups is 1. The van der Waals surface area contributed by atoms with Gasteiger partial charge in [0.05, 0.1) is 12.6 Å². The third kappa shape index (κ3) is 2.71. The molecule has 19 heavy (non-hydrogen) atoms. The highest BCUT2D eigenvalue weighted by molar-refractivity contribution is 7.99. The van der Waals surface area contributed by atoms with Crippen LogP contribution in [0.5, 0.6) is 0 Å². The molecular formula is C14H14N2O2S. The molecule has 5 heteroatoms.